The molecule has 0 saturated heterocycles. The summed E-state index contributed by atoms with van der Waals surface area (Å²) in [6.45, 7) is 4.27. The smallest absolute Gasteiger partial charge is 0.251 e. The molecule has 1 aromatic heterocycles. The van der Waals surface area contributed by atoms with E-state index in [9.17, 15) is 9.18 Å². The maximum absolute atomic E-state index is 13.4. The van der Waals surface area contributed by atoms with Gasteiger partial charge in [-0.15, -0.1) is 0 Å². The standard InChI is InChI=1S/C16H17FN2O/c1-11(2)12-5-7-13(8-6-12)16(20)19-10-15-14(17)4-3-9-18-15/h3-9,11H,10H2,1-2H3,(H,19,20). The second-order valence-electron chi connectivity index (χ2n) is 4.89. The van der Waals surface area contributed by atoms with Crippen LogP contribution < -0.4 is 5.32 Å². The molecular weight excluding hydrogens is 255 g/mol. The van der Waals surface area contributed by atoms with Gasteiger partial charge >= 0.3 is 0 Å². The minimum Gasteiger partial charge on any atom is -0.346 e. The highest BCUT2D eigenvalue weighted by Gasteiger charge is 2.08. The number of rotatable bonds is 4. The number of carbonyl (C=O) groups is 1. The Morgan fingerprint density at radius 2 is 1.95 bits per heavy atom. The van der Waals surface area contributed by atoms with E-state index < -0.39 is 5.82 Å². The van der Waals surface area contributed by atoms with Gasteiger partial charge in [-0.25, -0.2) is 4.39 Å². The van der Waals surface area contributed by atoms with Gasteiger partial charge in [0.15, 0.2) is 0 Å². The Labute approximate surface area is 117 Å². The normalized spacial score (nSPS) is 10.6. The van der Waals surface area contributed by atoms with Gasteiger partial charge in [-0.2, -0.15) is 0 Å². The molecule has 0 aliphatic heterocycles. The lowest BCUT2D eigenvalue weighted by molar-refractivity contribution is 0.0950. The highest BCUT2D eigenvalue weighted by atomic mass is 19.1. The predicted molar refractivity (Wildman–Crippen MR) is 75.9 cm³/mol. The quantitative estimate of drug-likeness (QED) is 0.928. The van der Waals surface area contributed by atoms with E-state index in [-0.39, 0.29) is 18.1 Å². The van der Waals surface area contributed by atoms with E-state index in [4.69, 9.17) is 0 Å². The number of nitrogens with zero attached hydrogens (tertiary/aromatic N) is 1. The molecule has 0 atom stereocenters. The summed E-state index contributed by atoms with van der Waals surface area (Å²) < 4.78 is 13.4. The number of amides is 1. The maximum Gasteiger partial charge on any atom is 0.251 e. The molecule has 3 nitrogen and oxygen atoms in total. The molecule has 2 rings (SSSR count). The second kappa shape index (κ2) is 6.28. The Morgan fingerprint density at radius 3 is 2.55 bits per heavy atom. The molecule has 20 heavy (non-hydrogen) atoms. The average molecular weight is 272 g/mol. The molecule has 0 radical (unpaired) electrons. The summed E-state index contributed by atoms with van der Waals surface area (Å²) in [5.74, 6) is -0.219. The number of pyridine rings is 1. The van der Waals surface area contributed by atoms with Crippen LogP contribution in [0.3, 0.4) is 0 Å². The first kappa shape index (κ1) is 14.2. The molecule has 0 bridgehead atoms. The van der Waals surface area contributed by atoms with Crippen LogP contribution in [-0.4, -0.2) is 10.9 Å². The first-order chi connectivity index (χ1) is 9.58. The largest absolute Gasteiger partial charge is 0.346 e. The molecular formula is C16H17FN2O. The van der Waals surface area contributed by atoms with Crippen LogP contribution in [0.4, 0.5) is 4.39 Å². The van der Waals surface area contributed by atoms with Gasteiger partial charge in [0.25, 0.3) is 5.91 Å². The van der Waals surface area contributed by atoms with Gasteiger partial charge in [0.2, 0.25) is 0 Å². The molecule has 1 heterocycles. The van der Waals surface area contributed by atoms with Crippen molar-refractivity contribution in [1.82, 2.24) is 10.3 Å². The lowest BCUT2D eigenvalue weighted by Gasteiger charge is -2.08. The topological polar surface area (TPSA) is 42.0 Å². The SMILES string of the molecule is CC(C)c1ccc(C(=O)NCc2ncccc2F)cc1. The van der Waals surface area contributed by atoms with Crippen LogP contribution >= 0.6 is 0 Å². The number of halogens is 1. The lowest BCUT2D eigenvalue weighted by atomic mass is 10.0. The Balaban J connectivity index is 2.00. The van der Waals surface area contributed by atoms with E-state index in [1.54, 1.807) is 12.1 Å². The highest BCUT2D eigenvalue weighted by Crippen LogP contribution is 2.14. The number of benzene rings is 1. The van der Waals surface area contributed by atoms with E-state index in [1.165, 1.54) is 23.9 Å². The Hall–Kier alpha value is -2.23. The summed E-state index contributed by atoms with van der Waals surface area (Å²) in [6, 6.07) is 10.3. The van der Waals surface area contributed by atoms with Crippen molar-refractivity contribution in [3.05, 3.63) is 65.2 Å². The van der Waals surface area contributed by atoms with Gasteiger partial charge in [0.05, 0.1) is 12.2 Å². The van der Waals surface area contributed by atoms with Gasteiger partial charge in [-0.1, -0.05) is 26.0 Å². The van der Waals surface area contributed by atoms with E-state index >= 15 is 0 Å². The zero-order chi connectivity index (χ0) is 14.5. The molecule has 1 amide bonds. The molecule has 1 aromatic carbocycles. The van der Waals surface area contributed by atoms with Crippen LogP contribution in [0, 0.1) is 5.82 Å². The molecule has 0 fully saturated rings. The summed E-state index contributed by atoms with van der Waals surface area (Å²) in [4.78, 5) is 15.8. The zero-order valence-electron chi connectivity index (χ0n) is 11.6. The van der Waals surface area contributed by atoms with Crippen molar-refractivity contribution in [2.24, 2.45) is 0 Å². The van der Waals surface area contributed by atoms with Crippen LogP contribution in [0.2, 0.25) is 0 Å². The van der Waals surface area contributed by atoms with E-state index in [1.807, 2.05) is 12.1 Å². The predicted octanol–water partition coefficient (Wildman–Crippen LogP) is 3.27. The van der Waals surface area contributed by atoms with E-state index in [2.05, 4.69) is 24.1 Å². The van der Waals surface area contributed by atoms with Crippen molar-refractivity contribution in [3.8, 4) is 0 Å². The number of carbonyl (C=O) groups excluding carboxylic acids is 1. The van der Waals surface area contributed by atoms with Crippen molar-refractivity contribution in [2.45, 2.75) is 26.3 Å². The monoisotopic (exact) mass is 272 g/mol. The third kappa shape index (κ3) is 3.41. The van der Waals surface area contributed by atoms with Crippen LogP contribution in [0.15, 0.2) is 42.6 Å². The Kier molecular flexibility index (Phi) is 4.45. The van der Waals surface area contributed by atoms with Crippen LogP contribution in [0.1, 0.15) is 41.4 Å². The number of hydrogen-bond donors (Lipinski definition) is 1. The number of aromatic nitrogens is 1. The van der Waals surface area contributed by atoms with Gasteiger partial charge in [-0.05, 0) is 35.7 Å². The van der Waals surface area contributed by atoms with Crippen LogP contribution in [0.25, 0.3) is 0 Å². The molecule has 2 aromatic rings. The fraction of sp³-hybridized carbons (Fsp3) is 0.250. The zero-order valence-corrected chi connectivity index (χ0v) is 11.6. The lowest BCUT2D eigenvalue weighted by Crippen LogP contribution is -2.23. The van der Waals surface area contributed by atoms with Crippen molar-refractivity contribution in [3.63, 3.8) is 0 Å². The third-order valence-corrected chi connectivity index (χ3v) is 3.09. The Bertz CT molecular complexity index is 594. The van der Waals surface area contributed by atoms with Crippen molar-refractivity contribution < 1.29 is 9.18 Å². The van der Waals surface area contributed by atoms with Crippen molar-refractivity contribution in [1.29, 1.82) is 0 Å². The van der Waals surface area contributed by atoms with Gasteiger partial charge in [-0.3, -0.25) is 9.78 Å². The fourth-order valence-electron chi connectivity index (χ4n) is 1.83. The second-order valence-corrected chi connectivity index (χ2v) is 4.89. The molecule has 1 N–H and O–H groups in total. The summed E-state index contributed by atoms with van der Waals surface area (Å²) >= 11 is 0. The number of nitrogens with one attached hydrogen (secondary N) is 1. The molecule has 0 aliphatic carbocycles. The minimum absolute atomic E-state index is 0.0808. The summed E-state index contributed by atoms with van der Waals surface area (Å²) in [6.07, 6.45) is 1.50. The molecule has 0 saturated carbocycles. The fourth-order valence-corrected chi connectivity index (χ4v) is 1.83. The molecule has 4 heteroatoms. The van der Waals surface area contributed by atoms with Gasteiger partial charge in [0.1, 0.15) is 5.82 Å². The average Bonchev–Trinajstić information content (AvgIpc) is 2.46. The molecule has 0 aliphatic rings. The highest BCUT2D eigenvalue weighted by molar-refractivity contribution is 5.94. The van der Waals surface area contributed by atoms with Crippen molar-refractivity contribution >= 4 is 5.91 Å². The first-order valence-corrected chi connectivity index (χ1v) is 6.55. The van der Waals surface area contributed by atoms with Crippen molar-refractivity contribution in [2.75, 3.05) is 0 Å². The summed E-state index contributed by atoms with van der Waals surface area (Å²) in [5, 5.41) is 2.66. The number of hydrogen-bond acceptors (Lipinski definition) is 2. The molecule has 0 unspecified atom stereocenters. The Morgan fingerprint density at radius 1 is 1.25 bits per heavy atom. The third-order valence-electron chi connectivity index (χ3n) is 3.09. The van der Waals surface area contributed by atoms with Crippen LogP contribution in [0.5, 0.6) is 0 Å². The summed E-state index contributed by atoms with van der Waals surface area (Å²) in [5.41, 5.74) is 1.97. The summed E-state index contributed by atoms with van der Waals surface area (Å²) in [7, 11) is 0. The van der Waals surface area contributed by atoms with E-state index in [0.29, 0.717) is 11.5 Å². The van der Waals surface area contributed by atoms with Gasteiger partial charge < -0.3 is 5.32 Å². The van der Waals surface area contributed by atoms with Gasteiger partial charge in [0, 0.05) is 11.8 Å². The molecule has 0 spiro atoms. The maximum atomic E-state index is 13.4. The van der Waals surface area contributed by atoms with E-state index in [0.717, 1.165) is 0 Å². The first-order valence-electron chi connectivity index (χ1n) is 6.55. The minimum atomic E-state index is -0.414. The van der Waals surface area contributed by atoms with Crippen LogP contribution in [-0.2, 0) is 6.54 Å². The molecule has 104 valence electrons.